The summed E-state index contributed by atoms with van der Waals surface area (Å²) < 4.78 is 5.39. The molecular weight excluding hydrogens is 356 g/mol. The Morgan fingerprint density at radius 1 is 1.00 bits per heavy atom. The minimum Gasteiger partial charge on any atom is -0.444 e. The highest BCUT2D eigenvalue weighted by molar-refractivity contribution is 5.95. The number of rotatable bonds is 2. The van der Waals surface area contributed by atoms with Crippen molar-refractivity contribution >= 4 is 17.7 Å². The number of amides is 2. The fourth-order valence-electron chi connectivity index (χ4n) is 3.06. The number of hydrogen-bond donors (Lipinski definition) is 1. The van der Waals surface area contributed by atoms with Gasteiger partial charge in [-0.2, -0.15) is 0 Å². The summed E-state index contributed by atoms with van der Waals surface area (Å²) in [5.74, 6) is -0.0434. The highest BCUT2D eigenvalue weighted by Crippen LogP contribution is 2.25. The minimum absolute atomic E-state index is 0.0434. The molecule has 0 radical (unpaired) electrons. The molecule has 1 aromatic carbocycles. The van der Waals surface area contributed by atoms with Crippen LogP contribution in [-0.2, 0) is 4.74 Å². The first-order valence-electron chi connectivity index (χ1n) is 9.32. The lowest BCUT2D eigenvalue weighted by molar-refractivity contribution is 0.0141. The van der Waals surface area contributed by atoms with E-state index >= 15 is 0 Å². The molecule has 0 aliphatic carbocycles. The maximum absolute atomic E-state index is 12.8. The van der Waals surface area contributed by atoms with Crippen molar-refractivity contribution in [2.24, 2.45) is 0 Å². The number of carbonyl (C=O) groups is 2. The van der Waals surface area contributed by atoms with Crippen LogP contribution in [0, 0.1) is 0 Å². The highest BCUT2D eigenvalue weighted by Gasteiger charge is 2.28. The van der Waals surface area contributed by atoms with Crippen molar-refractivity contribution in [1.29, 1.82) is 0 Å². The molecular formula is C21H26N4O3. The van der Waals surface area contributed by atoms with Gasteiger partial charge in [-0.3, -0.25) is 9.78 Å². The summed E-state index contributed by atoms with van der Waals surface area (Å²) in [6, 6.07) is 9.23. The van der Waals surface area contributed by atoms with Crippen LogP contribution >= 0.6 is 0 Å². The topological polar surface area (TPSA) is 88.8 Å². The van der Waals surface area contributed by atoms with Crippen LogP contribution < -0.4 is 5.73 Å². The Morgan fingerprint density at radius 3 is 2.18 bits per heavy atom. The van der Waals surface area contributed by atoms with Crippen LogP contribution in [0.2, 0.25) is 0 Å². The fourth-order valence-corrected chi connectivity index (χ4v) is 3.06. The van der Waals surface area contributed by atoms with Crippen molar-refractivity contribution in [3.8, 4) is 11.1 Å². The van der Waals surface area contributed by atoms with E-state index in [1.165, 1.54) is 0 Å². The van der Waals surface area contributed by atoms with Crippen LogP contribution in [0.3, 0.4) is 0 Å². The number of nitrogens with two attached hydrogens (primary N) is 1. The normalized spacial score (nSPS) is 14.7. The number of piperazine rings is 1. The van der Waals surface area contributed by atoms with Gasteiger partial charge in [0.05, 0.1) is 11.9 Å². The van der Waals surface area contributed by atoms with Crippen LogP contribution in [0.4, 0.5) is 10.5 Å². The number of ether oxygens (including phenoxy) is 1. The van der Waals surface area contributed by atoms with Gasteiger partial charge in [0.2, 0.25) is 0 Å². The van der Waals surface area contributed by atoms with Gasteiger partial charge in [-0.25, -0.2) is 4.79 Å². The number of pyridine rings is 1. The summed E-state index contributed by atoms with van der Waals surface area (Å²) in [6.45, 7) is 7.42. The van der Waals surface area contributed by atoms with Crippen molar-refractivity contribution < 1.29 is 14.3 Å². The van der Waals surface area contributed by atoms with E-state index in [4.69, 9.17) is 10.5 Å². The molecule has 0 spiro atoms. The Bertz CT molecular complexity index is 851. The van der Waals surface area contributed by atoms with E-state index in [0.29, 0.717) is 37.4 Å². The van der Waals surface area contributed by atoms with E-state index in [1.807, 2.05) is 39.0 Å². The quantitative estimate of drug-likeness (QED) is 0.862. The molecule has 1 aliphatic rings. The Morgan fingerprint density at radius 2 is 1.61 bits per heavy atom. The average molecular weight is 382 g/mol. The zero-order valence-electron chi connectivity index (χ0n) is 16.5. The van der Waals surface area contributed by atoms with Gasteiger partial charge < -0.3 is 20.3 Å². The van der Waals surface area contributed by atoms with Crippen molar-refractivity contribution in [2.75, 3.05) is 31.9 Å². The van der Waals surface area contributed by atoms with Crippen LogP contribution in [-0.4, -0.2) is 58.6 Å². The monoisotopic (exact) mass is 382 g/mol. The standard InChI is InChI=1S/C21H26N4O3/c1-21(2,3)28-20(27)25-12-10-24(11-13-25)19(26)16-6-4-15(5-7-16)17-8-9-23-14-18(17)22/h4-9,14H,10-13,22H2,1-3H3. The highest BCUT2D eigenvalue weighted by atomic mass is 16.6. The second-order valence-electron chi connectivity index (χ2n) is 7.80. The maximum Gasteiger partial charge on any atom is 0.410 e. The van der Waals surface area contributed by atoms with Crippen molar-refractivity contribution in [1.82, 2.24) is 14.8 Å². The number of aromatic nitrogens is 1. The lowest BCUT2D eigenvalue weighted by Gasteiger charge is -2.35. The SMILES string of the molecule is CC(C)(C)OC(=O)N1CCN(C(=O)c2ccc(-c3ccncc3N)cc2)CC1. The Balaban J connectivity index is 1.61. The molecule has 7 nitrogen and oxygen atoms in total. The van der Waals surface area contributed by atoms with Gasteiger partial charge in [-0.05, 0) is 44.5 Å². The molecule has 2 N–H and O–H groups in total. The Hall–Kier alpha value is -3.09. The number of hydrogen-bond acceptors (Lipinski definition) is 5. The minimum atomic E-state index is -0.524. The number of anilines is 1. The van der Waals surface area contributed by atoms with Crippen LogP contribution in [0.15, 0.2) is 42.7 Å². The third-order valence-corrected chi connectivity index (χ3v) is 4.51. The average Bonchev–Trinajstić information content (AvgIpc) is 2.67. The molecule has 2 aromatic rings. The summed E-state index contributed by atoms with van der Waals surface area (Å²) in [7, 11) is 0. The molecule has 2 heterocycles. The second-order valence-corrected chi connectivity index (χ2v) is 7.80. The number of nitrogens with zero attached hydrogens (tertiary/aromatic N) is 3. The van der Waals surface area contributed by atoms with Crippen molar-refractivity contribution in [3.63, 3.8) is 0 Å². The van der Waals surface area contributed by atoms with Gasteiger partial charge in [0.1, 0.15) is 5.60 Å². The summed E-state index contributed by atoms with van der Waals surface area (Å²) in [4.78, 5) is 32.3. The first kappa shape index (κ1) is 19.7. The predicted molar refractivity (Wildman–Crippen MR) is 108 cm³/mol. The molecule has 1 fully saturated rings. The van der Waals surface area contributed by atoms with Crippen LogP contribution in [0.1, 0.15) is 31.1 Å². The van der Waals surface area contributed by atoms with E-state index in [-0.39, 0.29) is 12.0 Å². The van der Waals surface area contributed by atoms with Crippen LogP contribution in [0.5, 0.6) is 0 Å². The largest absolute Gasteiger partial charge is 0.444 e. The number of carbonyl (C=O) groups excluding carboxylic acids is 2. The Kier molecular flexibility index (Phi) is 5.53. The molecule has 148 valence electrons. The smallest absolute Gasteiger partial charge is 0.410 e. The zero-order valence-corrected chi connectivity index (χ0v) is 16.5. The zero-order chi connectivity index (χ0) is 20.3. The molecule has 0 bridgehead atoms. The molecule has 28 heavy (non-hydrogen) atoms. The van der Waals surface area contributed by atoms with Gasteiger partial charge in [-0.1, -0.05) is 12.1 Å². The number of benzene rings is 1. The van der Waals surface area contributed by atoms with E-state index in [2.05, 4.69) is 4.98 Å². The molecule has 1 aromatic heterocycles. The third-order valence-electron chi connectivity index (χ3n) is 4.51. The van der Waals surface area contributed by atoms with Crippen molar-refractivity contribution in [3.05, 3.63) is 48.3 Å². The lowest BCUT2D eigenvalue weighted by atomic mass is 10.0. The summed E-state index contributed by atoms with van der Waals surface area (Å²) in [5, 5.41) is 0. The molecule has 0 saturated carbocycles. The summed E-state index contributed by atoms with van der Waals surface area (Å²) in [6.07, 6.45) is 2.96. The van der Waals surface area contributed by atoms with E-state index < -0.39 is 5.60 Å². The van der Waals surface area contributed by atoms with E-state index in [1.54, 1.807) is 34.3 Å². The third kappa shape index (κ3) is 4.60. The van der Waals surface area contributed by atoms with Gasteiger partial charge in [0, 0.05) is 43.5 Å². The van der Waals surface area contributed by atoms with E-state index in [0.717, 1.165) is 11.1 Å². The van der Waals surface area contributed by atoms with Gasteiger partial charge in [-0.15, -0.1) is 0 Å². The van der Waals surface area contributed by atoms with Crippen molar-refractivity contribution in [2.45, 2.75) is 26.4 Å². The number of nitrogen functional groups attached to an aromatic ring is 1. The fraction of sp³-hybridized carbons (Fsp3) is 0.381. The first-order chi connectivity index (χ1) is 13.2. The van der Waals surface area contributed by atoms with Crippen LogP contribution in [0.25, 0.3) is 11.1 Å². The second kappa shape index (κ2) is 7.88. The lowest BCUT2D eigenvalue weighted by Crippen LogP contribution is -2.51. The molecule has 7 heteroatoms. The van der Waals surface area contributed by atoms with E-state index in [9.17, 15) is 9.59 Å². The van der Waals surface area contributed by atoms with Gasteiger partial charge in [0.25, 0.3) is 5.91 Å². The predicted octanol–water partition coefficient (Wildman–Crippen LogP) is 3.02. The summed E-state index contributed by atoms with van der Waals surface area (Å²) in [5.41, 5.74) is 8.47. The molecule has 1 saturated heterocycles. The molecule has 2 amide bonds. The Labute approximate surface area is 165 Å². The maximum atomic E-state index is 12.8. The molecule has 1 aliphatic heterocycles. The molecule has 0 atom stereocenters. The van der Waals surface area contributed by atoms with Gasteiger partial charge >= 0.3 is 6.09 Å². The summed E-state index contributed by atoms with van der Waals surface area (Å²) >= 11 is 0. The van der Waals surface area contributed by atoms with Gasteiger partial charge in [0.15, 0.2) is 0 Å². The first-order valence-corrected chi connectivity index (χ1v) is 9.32. The molecule has 0 unspecified atom stereocenters. The molecule has 3 rings (SSSR count).